The van der Waals surface area contributed by atoms with Gasteiger partial charge in [0.2, 0.25) is 0 Å². The zero-order valence-corrected chi connectivity index (χ0v) is 15.4. The second-order valence-corrected chi connectivity index (χ2v) is 5.93. The first-order chi connectivity index (χ1) is 13.4. The molecule has 0 radical (unpaired) electrons. The molecule has 2 aromatic carbocycles. The van der Waals surface area contributed by atoms with E-state index in [9.17, 15) is 19.2 Å². The molecule has 0 aliphatic heterocycles. The highest BCUT2D eigenvalue weighted by Crippen LogP contribution is 2.03. The minimum absolute atomic E-state index is 0.255. The molecule has 0 atom stereocenters. The molecule has 2 aromatic rings. The minimum Gasteiger partial charge on any atom is -0.454 e. The Kier molecular flexibility index (Phi) is 7.71. The number of hydrogen-bond donors (Lipinski definition) is 3. The van der Waals surface area contributed by atoms with E-state index in [-0.39, 0.29) is 13.1 Å². The molecule has 0 saturated carbocycles. The summed E-state index contributed by atoms with van der Waals surface area (Å²) in [6, 6.07) is 15.4. The summed E-state index contributed by atoms with van der Waals surface area (Å²) in [7, 11) is 0. The second kappa shape index (κ2) is 10.5. The lowest BCUT2D eigenvalue weighted by atomic mass is 10.1. The van der Waals surface area contributed by atoms with Gasteiger partial charge in [-0.1, -0.05) is 48.0 Å². The highest BCUT2D eigenvalue weighted by Gasteiger charge is 2.12. The summed E-state index contributed by atoms with van der Waals surface area (Å²) < 4.78 is 4.73. The van der Waals surface area contributed by atoms with Crippen LogP contribution in [-0.4, -0.2) is 37.0 Å². The van der Waals surface area contributed by atoms with Gasteiger partial charge in [-0.3, -0.25) is 19.7 Å². The zero-order chi connectivity index (χ0) is 20.4. The van der Waals surface area contributed by atoms with E-state index in [2.05, 4.69) is 10.6 Å². The average Bonchev–Trinajstić information content (AvgIpc) is 2.69. The Hall–Kier alpha value is -3.68. The molecule has 0 fully saturated rings. The summed E-state index contributed by atoms with van der Waals surface area (Å²) >= 11 is 0. The zero-order valence-electron chi connectivity index (χ0n) is 15.4. The van der Waals surface area contributed by atoms with Crippen LogP contribution < -0.4 is 16.0 Å². The van der Waals surface area contributed by atoms with Crippen molar-refractivity contribution >= 4 is 23.8 Å². The smallest absolute Gasteiger partial charge is 0.325 e. The number of benzene rings is 2. The summed E-state index contributed by atoms with van der Waals surface area (Å²) in [5.74, 6) is -1.99. The Morgan fingerprint density at radius 3 is 2.39 bits per heavy atom. The van der Waals surface area contributed by atoms with Gasteiger partial charge in [0.25, 0.3) is 11.8 Å². The molecule has 8 nitrogen and oxygen atoms in total. The highest BCUT2D eigenvalue weighted by molar-refractivity contribution is 5.97. The fourth-order valence-corrected chi connectivity index (χ4v) is 2.22. The van der Waals surface area contributed by atoms with Gasteiger partial charge in [0.15, 0.2) is 6.61 Å². The van der Waals surface area contributed by atoms with E-state index in [1.807, 2.05) is 48.6 Å². The third kappa shape index (κ3) is 7.28. The van der Waals surface area contributed by atoms with E-state index in [4.69, 9.17) is 4.74 Å². The van der Waals surface area contributed by atoms with Crippen molar-refractivity contribution in [3.05, 3.63) is 71.3 Å². The van der Waals surface area contributed by atoms with E-state index in [0.717, 1.165) is 11.1 Å². The Labute approximate surface area is 162 Å². The minimum atomic E-state index is -0.791. The first-order valence-corrected chi connectivity index (χ1v) is 8.56. The fourth-order valence-electron chi connectivity index (χ4n) is 2.22. The van der Waals surface area contributed by atoms with Crippen LogP contribution in [0.4, 0.5) is 4.79 Å². The molecule has 2 rings (SSSR count). The van der Waals surface area contributed by atoms with Gasteiger partial charge < -0.3 is 15.4 Å². The van der Waals surface area contributed by atoms with Crippen LogP contribution in [0.25, 0.3) is 0 Å². The van der Waals surface area contributed by atoms with Gasteiger partial charge in [-0.2, -0.15) is 0 Å². The Bertz CT molecular complexity index is 852. The van der Waals surface area contributed by atoms with Gasteiger partial charge in [0, 0.05) is 12.1 Å². The Balaban J connectivity index is 1.64. The lowest BCUT2D eigenvalue weighted by Gasteiger charge is -2.08. The molecule has 0 bridgehead atoms. The number of urea groups is 1. The predicted molar refractivity (Wildman–Crippen MR) is 101 cm³/mol. The fraction of sp³-hybridized carbons (Fsp3) is 0.200. The molecular weight excluding hydrogens is 362 g/mol. The number of carbonyl (C=O) groups excluding carboxylic acids is 4. The molecule has 0 aliphatic rings. The van der Waals surface area contributed by atoms with Gasteiger partial charge in [0.05, 0.1) is 0 Å². The normalized spacial score (nSPS) is 9.89. The maximum Gasteiger partial charge on any atom is 0.325 e. The van der Waals surface area contributed by atoms with Crippen LogP contribution in [0, 0.1) is 6.92 Å². The van der Waals surface area contributed by atoms with Crippen molar-refractivity contribution in [2.24, 2.45) is 0 Å². The Morgan fingerprint density at radius 2 is 1.68 bits per heavy atom. The van der Waals surface area contributed by atoms with Crippen LogP contribution in [0.15, 0.2) is 54.6 Å². The first-order valence-electron chi connectivity index (χ1n) is 8.56. The predicted octanol–water partition coefficient (Wildman–Crippen LogP) is 1.29. The van der Waals surface area contributed by atoms with Crippen LogP contribution in [0.2, 0.25) is 0 Å². The number of hydrogen-bond acceptors (Lipinski definition) is 5. The molecule has 0 unspecified atom stereocenters. The van der Waals surface area contributed by atoms with Crippen LogP contribution >= 0.6 is 0 Å². The van der Waals surface area contributed by atoms with Crippen LogP contribution in [0.1, 0.15) is 21.5 Å². The van der Waals surface area contributed by atoms with Crippen molar-refractivity contribution in [1.29, 1.82) is 0 Å². The Morgan fingerprint density at radius 1 is 0.929 bits per heavy atom. The van der Waals surface area contributed by atoms with Gasteiger partial charge in [0.1, 0.15) is 6.54 Å². The molecule has 28 heavy (non-hydrogen) atoms. The van der Waals surface area contributed by atoms with E-state index >= 15 is 0 Å². The van der Waals surface area contributed by atoms with Crippen molar-refractivity contribution in [2.45, 2.75) is 13.5 Å². The quantitative estimate of drug-likeness (QED) is 0.624. The van der Waals surface area contributed by atoms with E-state index in [0.29, 0.717) is 5.56 Å². The number of carbonyl (C=O) groups is 4. The largest absolute Gasteiger partial charge is 0.454 e. The number of rotatable bonds is 7. The maximum absolute atomic E-state index is 11.9. The molecule has 0 aliphatic carbocycles. The van der Waals surface area contributed by atoms with Crippen molar-refractivity contribution in [1.82, 2.24) is 16.0 Å². The van der Waals surface area contributed by atoms with Gasteiger partial charge in [-0.25, -0.2) is 4.79 Å². The summed E-state index contributed by atoms with van der Waals surface area (Å²) in [6.45, 7) is 1.09. The molecule has 0 saturated heterocycles. The van der Waals surface area contributed by atoms with E-state index in [1.54, 1.807) is 18.2 Å². The number of imide groups is 1. The number of amides is 4. The average molecular weight is 383 g/mol. The molecule has 146 valence electrons. The van der Waals surface area contributed by atoms with Crippen molar-refractivity contribution < 1.29 is 23.9 Å². The topological polar surface area (TPSA) is 114 Å². The molecule has 3 N–H and O–H groups in total. The molecular formula is C20H21N3O5. The van der Waals surface area contributed by atoms with Gasteiger partial charge in [-0.15, -0.1) is 0 Å². The lowest BCUT2D eigenvalue weighted by Crippen LogP contribution is -2.41. The lowest BCUT2D eigenvalue weighted by molar-refractivity contribution is -0.147. The second-order valence-electron chi connectivity index (χ2n) is 5.93. The SMILES string of the molecule is Cc1cccc(C(=O)NCC(=O)OCC(=O)NC(=O)NCc2ccccc2)c1. The summed E-state index contributed by atoms with van der Waals surface area (Å²) in [5.41, 5.74) is 2.21. The van der Waals surface area contributed by atoms with E-state index in [1.165, 1.54) is 0 Å². The number of ether oxygens (including phenoxy) is 1. The molecule has 0 aromatic heterocycles. The molecule has 8 heteroatoms. The van der Waals surface area contributed by atoms with Crippen molar-refractivity contribution in [2.75, 3.05) is 13.2 Å². The van der Waals surface area contributed by atoms with Crippen LogP contribution in [-0.2, 0) is 20.9 Å². The van der Waals surface area contributed by atoms with Crippen LogP contribution in [0.5, 0.6) is 0 Å². The van der Waals surface area contributed by atoms with E-state index < -0.39 is 30.4 Å². The number of nitrogens with one attached hydrogen (secondary N) is 3. The van der Waals surface area contributed by atoms with Crippen molar-refractivity contribution in [3.8, 4) is 0 Å². The summed E-state index contributed by atoms with van der Waals surface area (Å²) in [6.07, 6.45) is 0. The molecule has 0 heterocycles. The summed E-state index contributed by atoms with van der Waals surface area (Å²) in [5, 5.41) is 6.97. The van der Waals surface area contributed by atoms with Gasteiger partial charge in [-0.05, 0) is 24.6 Å². The van der Waals surface area contributed by atoms with Crippen LogP contribution in [0.3, 0.4) is 0 Å². The van der Waals surface area contributed by atoms with Gasteiger partial charge >= 0.3 is 12.0 Å². The number of esters is 1. The third-order valence-corrected chi connectivity index (χ3v) is 3.59. The number of aryl methyl sites for hydroxylation is 1. The standard InChI is InChI=1S/C20H21N3O5/c1-14-6-5-9-16(10-14)19(26)21-12-18(25)28-13-17(24)23-20(27)22-11-15-7-3-2-4-8-15/h2-10H,11-13H2,1H3,(H,21,26)(H2,22,23,24,27). The molecule has 0 spiro atoms. The molecule has 4 amide bonds. The van der Waals surface area contributed by atoms with Crippen molar-refractivity contribution in [3.63, 3.8) is 0 Å². The first kappa shape index (κ1) is 20.6. The third-order valence-electron chi connectivity index (χ3n) is 3.59. The maximum atomic E-state index is 11.9. The monoisotopic (exact) mass is 383 g/mol. The highest BCUT2D eigenvalue weighted by atomic mass is 16.5. The summed E-state index contributed by atoms with van der Waals surface area (Å²) in [4.78, 5) is 46.8.